The van der Waals surface area contributed by atoms with Crippen molar-refractivity contribution in [2.24, 2.45) is 5.92 Å². The van der Waals surface area contributed by atoms with Crippen molar-refractivity contribution < 1.29 is 0 Å². The Morgan fingerprint density at radius 2 is 1.79 bits per heavy atom. The molecule has 2 aliphatic heterocycles. The first-order valence-electron chi connectivity index (χ1n) is 8.95. The standard InChI is InChI=1S/C18H27N5.ClH/c1-2-8-23-15-17(20-18(23)3-1)14-22-11-9-21(10-12-22)13-16-4-6-19-7-5-16;/h1-3,8,15-16,19H,4-7,9-14H2;1H. The van der Waals surface area contributed by atoms with Crippen molar-refractivity contribution >= 4 is 18.1 Å². The van der Waals surface area contributed by atoms with E-state index >= 15 is 0 Å². The monoisotopic (exact) mass is 349 g/mol. The first-order valence-corrected chi connectivity index (χ1v) is 8.95. The molecule has 0 aromatic carbocycles. The van der Waals surface area contributed by atoms with Gasteiger partial charge in [0, 0.05) is 51.7 Å². The summed E-state index contributed by atoms with van der Waals surface area (Å²) in [4.78, 5) is 9.93. The molecule has 0 unspecified atom stereocenters. The number of piperidine rings is 1. The van der Waals surface area contributed by atoms with Crippen LogP contribution in [0.1, 0.15) is 18.5 Å². The molecule has 2 fully saturated rings. The van der Waals surface area contributed by atoms with Gasteiger partial charge in [-0.3, -0.25) is 4.90 Å². The zero-order valence-electron chi connectivity index (χ0n) is 14.2. The average molecular weight is 350 g/mol. The summed E-state index contributed by atoms with van der Waals surface area (Å²) in [6.45, 7) is 9.43. The van der Waals surface area contributed by atoms with Gasteiger partial charge in [-0.15, -0.1) is 12.4 Å². The van der Waals surface area contributed by atoms with Crippen molar-refractivity contribution in [3.05, 3.63) is 36.3 Å². The molecule has 24 heavy (non-hydrogen) atoms. The predicted molar refractivity (Wildman–Crippen MR) is 99.8 cm³/mol. The van der Waals surface area contributed by atoms with Gasteiger partial charge < -0.3 is 14.6 Å². The number of imidazole rings is 1. The van der Waals surface area contributed by atoms with E-state index in [-0.39, 0.29) is 12.4 Å². The maximum absolute atomic E-state index is 4.72. The molecule has 5 nitrogen and oxygen atoms in total. The molecule has 4 heterocycles. The minimum atomic E-state index is 0. The summed E-state index contributed by atoms with van der Waals surface area (Å²) in [5.41, 5.74) is 2.23. The molecule has 6 heteroatoms. The number of aromatic nitrogens is 2. The molecule has 0 bridgehead atoms. The van der Waals surface area contributed by atoms with Crippen molar-refractivity contribution in [1.29, 1.82) is 0 Å². The molecule has 0 aliphatic carbocycles. The molecular weight excluding hydrogens is 322 g/mol. The smallest absolute Gasteiger partial charge is 0.137 e. The van der Waals surface area contributed by atoms with Crippen LogP contribution in [-0.2, 0) is 6.54 Å². The molecule has 132 valence electrons. The molecule has 0 spiro atoms. The van der Waals surface area contributed by atoms with Crippen molar-refractivity contribution in [2.45, 2.75) is 19.4 Å². The Hall–Kier alpha value is -1.14. The van der Waals surface area contributed by atoms with E-state index in [1.165, 1.54) is 64.3 Å². The van der Waals surface area contributed by atoms with Gasteiger partial charge in [0.15, 0.2) is 0 Å². The van der Waals surface area contributed by atoms with Gasteiger partial charge >= 0.3 is 0 Å². The second-order valence-corrected chi connectivity index (χ2v) is 6.97. The van der Waals surface area contributed by atoms with Gasteiger partial charge in [0.2, 0.25) is 0 Å². The number of nitrogens with one attached hydrogen (secondary N) is 1. The summed E-state index contributed by atoms with van der Waals surface area (Å²) in [5, 5.41) is 3.46. The van der Waals surface area contributed by atoms with Crippen LogP contribution in [-0.4, -0.2) is 65.0 Å². The Kier molecular flexibility index (Phi) is 6.11. The second-order valence-electron chi connectivity index (χ2n) is 6.97. The van der Waals surface area contributed by atoms with Crippen LogP contribution in [0.3, 0.4) is 0 Å². The van der Waals surface area contributed by atoms with Gasteiger partial charge in [0.25, 0.3) is 0 Å². The zero-order chi connectivity index (χ0) is 15.5. The maximum Gasteiger partial charge on any atom is 0.137 e. The Morgan fingerprint density at radius 1 is 1.04 bits per heavy atom. The van der Waals surface area contributed by atoms with Crippen molar-refractivity contribution in [1.82, 2.24) is 24.5 Å². The maximum atomic E-state index is 4.72. The molecule has 1 N–H and O–H groups in total. The van der Waals surface area contributed by atoms with E-state index in [1.807, 2.05) is 6.07 Å². The third-order valence-corrected chi connectivity index (χ3v) is 5.24. The first-order chi connectivity index (χ1) is 11.4. The topological polar surface area (TPSA) is 35.8 Å². The van der Waals surface area contributed by atoms with Crippen LogP contribution in [0.15, 0.2) is 30.6 Å². The molecule has 2 aromatic rings. The van der Waals surface area contributed by atoms with E-state index in [1.54, 1.807) is 0 Å². The van der Waals surface area contributed by atoms with E-state index in [9.17, 15) is 0 Å². The number of hydrogen-bond acceptors (Lipinski definition) is 4. The van der Waals surface area contributed by atoms with E-state index in [4.69, 9.17) is 4.98 Å². The van der Waals surface area contributed by atoms with E-state index in [0.29, 0.717) is 0 Å². The Morgan fingerprint density at radius 3 is 2.54 bits per heavy atom. The van der Waals surface area contributed by atoms with Gasteiger partial charge in [-0.25, -0.2) is 4.98 Å². The normalized spacial score (nSPS) is 21.0. The van der Waals surface area contributed by atoms with Crippen LogP contribution in [0.5, 0.6) is 0 Å². The van der Waals surface area contributed by atoms with E-state index in [2.05, 4.69) is 44.0 Å². The van der Waals surface area contributed by atoms with Crippen LogP contribution in [0.4, 0.5) is 0 Å². The van der Waals surface area contributed by atoms with Crippen LogP contribution < -0.4 is 5.32 Å². The second kappa shape index (κ2) is 8.30. The first kappa shape index (κ1) is 17.7. The summed E-state index contributed by atoms with van der Waals surface area (Å²) in [7, 11) is 0. The Balaban J connectivity index is 0.00000169. The highest BCUT2D eigenvalue weighted by atomic mass is 35.5. The number of hydrogen-bond donors (Lipinski definition) is 1. The summed E-state index contributed by atoms with van der Waals surface area (Å²) in [5.74, 6) is 0.904. The van der Waals surface area contributed by atoms with Crippen molar-refractivity contribution in [2.75, 3.05) is 45.8 Å². The van der Waals surface area contributed by atoms with Gasteiger partial charge in [-0.05, 0) is 44.0 Å². The SMILES string of the molecule is Cl.c1ccn2cc(CN3CCN(CC4CCNCC4)CC3)nc2c1. The molecule has 4 rings (SSSR count). The fraction of sp³-hybridized carbons (Fsp3) is 0.611. The predicted octanol–water partition coefficient (Wildman–Crippen LogP) is 1.87. The number of rotatable bonds is 4. The fourth-order valence-corrected chi connectivity index (χ4v) is 3.85. The lowest BCUT2D eigenvalue weighted by Crippen LogP contribution is -2.48. The van der Waals surface area contributed by atoms with Crippen LogP contribution in [0.25, 0.3) is 5.65 Å². The number of piperazine rings is 1. The van der Waals surface area contributed by atoms with E-state index < -0.39 is 0 Å². The summed E-state index contributed by atoms with van der Waals surface area (Å²) < 4.78 is 2.11. The largest absolute Gasteiger partial charge is 0.317 e. The number of nitrogens with zero attached hydrogens (tertiary/aromatic N) is 4. The quantitative estimate of drug-likeness (QED) is 0.914. The molecule has 0 atom stereocenters. The summed E-state index contributed by atoms with van der Waals surface area (Å²) >= 11 is 0. The molecular formula is C18H28ClN5. The summed E-state index contributed by atoms with van der Waals surface area (Å²) in [6.07, 6.45) is 6.93. The number of halogens is 1. The van der Waals surface area contributed by atoms with Crippen LogP contribution in [0.2, 0.25) is 0 Å². The Labute approximate surface area is 150 Å². The molecule has 2 saturated heterocycles. The average Bonchev–Trinajstić information content (AvgIpc) is 3.00. The molecule has 0 amide bonds. The van der Waals surface area contributed by atoms with Crippen molar-refractivity contribution in [3.8, 4) is 0 Å². The van der Waals surface area contributed by atoms with Gasteiger partial charge in [-0.2, -0.15) is 0 Å². The van der Waals surface area contributed by atoms with E-state index in [0.717, 1.165) is 18.1 Å². The lowest BCUT2D eigenvalue weighted by molar-refractivity contribution is 0.106. The molecule has 2 aliphatic rings. The van der Waals surface area contributed by atoms with Gasteiger partial charge in [0.1, 0.15) is 5.65 Å². The third-order valence-electron chi connectivity index (χ3n) is 5.24. The molecule has 2 aromatic heterocycles. The lowest BCUT2D eigenvalue weighted by Gasteiger charge is -2.37. The zero-order valence-corrected chi connectivity index (χ0v) is 15.0. The van der Waals surface area contributed by atoms with Crippen LogP contribution >= 0.6 is 12.4 Å². The minimum Gasteiger partial charge on any atom is -0.317 e. The molecule has 0 radical (unpaired) electrons. The number of fused-ring (bicyclic) bond motifs is 1. The third kappa shape index (κ3) is 4.28. The Bertz CT molecular complexity index is 596. The van der Waals surface area contributed by atoms with Gasteiger partial charge in [0.05, 0.1) is 5.69 Å². The minimum absolute atomic E-state index is 0. The highest BCUT2D eigenvalue weighted by Crippen LogP contribution is 2.15. The molecule has 0 saturated carbocycles. The summed E-state index contributed by atoms with van der Waals surface area (Å²) in [6, 6.07) is 6.17. The number of pyridine rings is 1. The van der Waals surface area contributed by atoms with Crippen molar-refractivity contribution in [3.63, 3.8) is 0 Å². The highest BCUT2D eigenvalue weighted by Gasteiger charge is 2.21. The highest BCUT2D eigenvalue weighted by molar-refractivity contribution is 5.85. The fourth-order valence-electron chi connectivity index (χ4n) is 3.85. The van der Waals surface area contributed by atoms with Gasteiger partial charge in [-0.1, -0.05) is 6.07 Å². The lowest BCUT2D eigenvalue weighted by atomic mass is 9.97. The van der Waals surface area contributed by atoms with Crippen LogP contribution in [0, 0.1) is 5.92 Å².